The smallest absolute Gasteiger partial charge is 0.265 e. The third kappa shape index (κ3) is 4.53. The highest BCUT2D eigenvalue weighted by Gasteiger charge is 2.61. The van der Waals surface area contributed by atoms with Crippen LogP contribution < -0.4 is 4.74 Å². The predicted octanol–water partition coefficient (Wildman–Crippen LogP) is 6.31. The average molecular weight is 612 g/mol. The largest absolute Gasteiger partial charge is 0.457 e. The molecule has 3 aliphatic rings. The molecular formula is C32H29N5O4S2. The molecule has 3 fully saturated rings. The molecule has 2 atom stereocenters. The molecule has 2 saturated heterocycles. The van der Waals surface area contributed by atoms with Crippen LogP contribution in [0.2, 0.25) is 0 Å². The lowest BCUT2D eigenvalue weighted by atomic mass is 9.71. The van der Waals surface area contributed by atoms with Gasteiger partial charge in [-0.3, -0.25) is 19.6 Å². The predicted molar refractivity (Wildman–Crippen MR) is 163 cm³/mol. The number of nitrogens with zero attached hydrogens (tertiary/aromatic N) is 5. The van der Waals surface area contributed by atoms with Crippen molar-refractivity contribution in [1.82, 2.24) is 24.8 Å². The number of para-hydroxylation sites is 1. The second-order valence-corrected chi connectivity index (χ2v) is 14.3. The molecule has 2 aromatic carbocycles. The average Bonchev–Trinajstić information content (AvgIpc) is 3.63. The van der Waals surface area contributed by atoms with E-state index in [2.05, 4.69) is 23.8 Å². The Morgan fingerprint density at radius 3 is 2.51 bits per heavy atom. The number of amides is 2. The van der Waals surface area contributed by atoms with Gasteiger partial charge in [-0.25, -0.2) is 4.98 Å². The van der Waals surface area contributed by atoms with E-state index in [1.807, 2.05) is 58.5 Å². The first-order valence-electron chi connectivity index (χ1n) is 14.3. The van der Waals surface area contributed by atoms with E-state index in [1.165, 1.54) is 11.3 Å². The number of carbonyl (C=O) groups excluding carboxylic acids is 2. The molecule has 218 valence electrons. The lowest BCUT2D eigenvalue weighted by molar-refractivity contribution is -0.146. The number of fused-ring (bicyclic) bond motifs is 1. The Bertz CT molecular complexity index is 1840. The van der Waals surface area contributed by atoms with Gasteiger partial charge in [-0.05, 0) is 36.1 Å². The summed E-state index contributed by atoms with van der Waals surface area (Å²) in [5.41, 5.74) is 5.58. The minimum Gasteiger partial charge on any atom is -0.457 e. The molecule has 5 heterocycles. The Hall–Kier alpha value is -4.09. The minimum absolute atomic E-state index is 0.0381. The molecule has 8 rings (SSSR count). The molecule has 1 saturated carbocycles. The van der Waals surface area contributed by atoms with Crippen LogP contribution in [0.1, 0.15) is 41.7 Å². The second-order valence-electron chi connectivity index (χ2n) is 12.6. The number of hydrogen-bond donors (Lipinski definition) is 0. The maximum atomic E-state index is 13.4. The van der Waals surface area contributed by atoms with E-state index in [-0.39, 0.29) is 34.5 Å². The van der Waals surface area contributed by atoms with Gasteiger partial charge < -0.3 is 19.0 Å². The van der Waals surface area contributed by atoms with E-state index in [9.17, 15) is 9.59 Å². The molecular weight excluding hydrogens is 583 g/mol. The van der Waals surface area contributed by atoms with Crippen molar-refractivity contribution >= 4 is 45.6 Å². The van der Waals surface area contributed by atoms with Crippen LogP contribution in [0.25, 0.3) is 21.5 Å². The van der Waals surface area contributed by atoms with E-state index >= 15 is 0 Å². The Labute approximate surface area is 256 Å². The first-order valence-corrected chi connectivity index (χ1v) is 16.1. The van der Waals surface area contributed by atoms with Gasteiger partial charge in [0.15, 0.2) is 5.58 Å². The van der Waals surface area contributed by atoms with Crippen molar-refractivity contribution < 1.29 is 18.7 Å². The van der Waals surface area contributed by atoms with E-state index in [4.69, 9.17) is 14.1 Å². The standard InChI is InChI=1S/C32H29N5O4S2/c1-31(2)10-21(31)29(38)37-15-32(16-37)14-36(30(39)27-12-34-18-43-27)13-22(32)28-35-23-8-7-19(9-25(23)41-28)40-24-6-4-3-5-20(24)26-11-33-17-42-26/h3-9,11-12,17-18,21-22H,10,13-16H2,1-2H3/t21-,22?/m1/s1. The summed E-state index contributed by atoms with van der Waals surface area (Å²) in [6, 6.07) is 13.5. The van der Waals surface area contributed by atoms with Crippen LogP contribution in [0.3, 0.4) is 0 Å². The number of oxazole rings is 1. The van der Waals surface area contributed by atoms with Gasteiger partial charge in [0.1, 0.15) is 21.9 Å². The fourth-order valence-electron chi connectivity index (χ4n) is 6.61. The van der Waals surface area contributed by atoms with Crippen LogP contribution in [0, 0.1) is 16.7 Å². The fourth-order valence-corrected chi connectivity index (χ4v) is 7.85. The summed E-state index contributed by atoms with van der Waals surface area (Å²) in [5, 5.41) is 0. The number of carbonyl (C=O) groups is 2. The van der Waals surface area contributed by atoms with Crippen LogP contribution in [0.5, 0.6) is 11.5 Å². The quantitative estimate of drug-likeness (QED) is 0.222. The number of likely N-dealkylation sites (tertiary alicyclic amines) is 2. The summed E-state index contributed by atoms with van der Waals surface area (Å²) in [7, 11) is 0. The van der Waals surface area contributed by atoms with Crippen molar-refractivity contribution in [2.24, 2.45) is 16.7 Å². The van der Waals surface area contributed by atoms with Crippen LogP contribution in [-0.2, 0) is 4.79 Å². The Morgan fingerprint density at radius 1 is 1.00 bits per heavy atom. The summed E-state index contributed by atoms with van der Waals surface area (Å²) in [6.45, 7) is 6.51. The molecule has 11 heteroatoms. The zero-order valence-electron chi connectivity index (χ0n) is 23.7. The van der Waals surface area contributed by atoms with Crippen molar-refractivity contribution in [3.05, 3.63) is 76.6 Å². The van der Waals surface area contributed by atoms with Gasteiger partial charge in [0.25, 0.3) is 5.91 Å². The third-order valence-electron chi connectivity index (χ3n) is 9.20. The molecule has 2 amide bonds. The molecule has 0 N–H and O–H groups in total. The van der Waals surface area contributed by atoms with Crippen molar-refractivity contribution in [3.8, 4) is 21.9 Å². The first-order chi connectivity index (χ1) is 20.8. The van der Waals surface area contributed by atoms with Gasteiger partial charge in [-0.2, -0.15) is 0 Å². The highest BCUT2D eigenvalue weighted by Crippen LogP contribution is 2.56. The van der Waals surface area contributed by atoms with E-state index < -0.39 is 0 Å². The van der Waals surface area contributed by atoms with Gasteiger partial charge in [0.05, 0.1) is 28.0 Å². The summed E-state index contributed by atoms with van der Waals surface area (Å²) in [6.07, 6.45) is 4.38. The monoisotopic (exact) mass is 611 g/mol. The normalized spacial score (nSPS) is 21.7. The van der Waals surface area contributed by atoms with Gasteiger partial charge >= 0.3 is 0 Å². The fraction of sp³-hybridized carbons (Fsp3) is 0.344. The maximum Gasteiger partial charge on any atom is 0.265 e. The molecule has 43 heavy (non-hydrogen) atoms. The number of aromatic nitrogens is 3. The van der Waals surface area contributed by atoms with Crippen molar-refractivity contribution in [1.29, 1.82) is 0 Å². The van der Waals surface area contributed by atoms with Gasteiger partial charge in [0, 0.05) is 55.3 Å². The zero-order chi connectivity index (χ0) is 29.3. The zero-order valence-corrected chi connectivity index (χ0v) is 25.4. The van der Waals surface area contributed by atoms with Crippen LogP contribution in [0.15, 0.2) is 70.3 Å². The van der Waals surface area contributed by atoms with E-state index in [0.717, 1.165) is 28.1 Å². The van der Waals surface area contributed by atoms with E-state index in [1.54, 1.807) is 28.6 Å². The number of ether oxygens (including phenoxy) is 1. The van der Waals surface area contributed by atoms with Gasteiger partial charge in [-0.15, -0.1) is 22.7 Å². The minimum atomic E-state index is -0.303. The van der Waals surface area contributed by atoms with Crippen LogP contribution >= 0.6 is 22.7 Å². The summed E-state index contributed by atoms with van der Waals surface area (Å²) in [5.74, 6) is 2.10. The lowest BCUT2D eigenvalue weighted by Gasteiger charge is -2.50. The summed E-state index contributed by atoms with van der Waals surface area (Å²) in [4.78, 5) is 45.3. The molecule has 2 aliphatic heterocycles. The van der Waals surface area contributed by atoms with E-state index in [0.29, 0.717) is 48.3 Å². The van der Waals surface area contributed by atoms with Crippen molar-refractivity contribution in [2.75, 3.05) is 26.2 Å². The van der Waals surface area contributed by atoms with Crippen LogP contribution in [0.4, 0.5) is 0 Å². The summed E-state index contributed by atoms with van der Waals surface area (Å²) < 4.78 is 12.7. The number of hydrogen-bond acceptors (Lipinski definition) is 9. The summed E-state index contributed by atoms with van der Waals surface area (Å²) >= 11 is 2.90. The van der Waals surface area contributed by atoms with Crippen molar-refractivity contribution in [3.63, 3.8) is 0 Å². The molecule has 5 aromatic rings. The molecule has 1 spiro atoms. The second kappa shape index (κ2) is 9.72. The number of benzene rings is 2. The van der Waals surface area contributed by atoms with Gasteiger partial charge in [0.2, 0.25) is 11.8 Å². The Balaban J connectivity index is 1.08. The molecule has 1 unspecified atom stereocenters. The SMILES string of the molecule is CC1(C)C[C@@H]1C(=O)N1CC2(CN(C(=O)c3cncs3)CC2c2nc3ccc(Oc4ccccc4-c4cncs4)cc3o2)C1. The topological polar surface area (TPSA) is 102 Å². The molecule has 1 aliphatic carbocycles. The maximum absolute atomic E-state index is 13.4. The molecule has 9 nitrogen and oxygen atoms in total. The number of rotatable bonds is 6. The third-order valence-corrected chi connectivity index (χ3v) is 10.8. The molecule has 0 bridgehead atoms. The highest BCUT2D eigenvalue weighted by atomic mass is 32.1. The van der Waals surface area contributed by atoms with Gasteiger partial charge in [-0.1, -0.05) is 26.0 Å². The van der Waals surface area contributed by atoms with Crippen molar-refractivity contribution in [2.45, 2.75) is 26.2 Å². The highest BCUT2D eigenvalue weighted by molar-refractivity contribution is 7.13. The molecule has 0 radical (unpaired) electrons. The Morgan fingerprint density at radius 2 is 1.77 bits per heavy atom. The Kier molecular flexibility index (Phi) is 5.99. The number of thiazole rings is 2. The molecule has 3 aromatic heterocycles. The van der Waals surface area contributed by atoms with Crippen LogP contribution in [-0.4, -0.2) is 62.7 Å². The first kappa shape index (κ1) is 26.5. The lowest BCUT2D eigenvalue weighted by Crippen LogP contribution is -2.62.